The first-order valence-electron chi connectivity index (χ1n) is 7.10. The van der Waals surface area contributed by atoms with Crippen molar-refractivity contribution in [2.75, 3.05) is 18.5 Å². The first-order valence-corrected chi connectivity index (χ1v) is 7.10. The normalized spacial score (nSPS) is 11.7. The Hall–Kier alpha value is -2.36. The number of para-hydroxylation sites is 1. The van der Waals surface area contributed by atoms with Gasteiger partial charge in [0, 0.05) is 37.7 Å². The molecule has 0 fully saturated rings. The van der Waals surface area contributed by atoms with Crippen LogP contribution in [0.2, 0.25) is 0 Å². The van der Waals surface area contributed by atoms with Crippen LogP contribution in [-0.4, -0.2) is 30.5 Å². The van der Waals surface area contributed by atoms with Crippen LogP contribution < -0.4 is 10.2 Å². The molecule has 1 amide bonds. The lowest BCUT2D eigenvalue weighted by molar-refractivity contribution is -0.120. The van der Waals surface area contributed by atoms with Gasteiger partial charge in [-0.05, 0) is 30.7 Å². The van der Waals surface area contributed by atoms with Crippen LogP contribution in [0.4, 0.5) is 5.69 Å². The second kappa shape index (κ2) is 7.43. The largest absolute Gasteiger partial charge is 0.370 e. The topological polar surface area (TPSA) is 45.2 Å². The predicted octanol–water partition coefficient (Wildman–Crippen LogP) is 2.27. The molecule has 1 aromatic carbocycles. The number of anilines is 1. The van der Waals surface area contributed by atoms with Gasteiger partial charge in [-0.15, -0.1) is 0 Å². The quantitative estimate of drug-likeness (QED) is 0.884. The molecule has 0 radical (unpaired) electrons. The molecule has 2 rings (SSSR count). The molecule has 1 N–H and O–H groups in total. The molecule has 21 heavy (non-hydrogen) atoms. The van der Waals surface area contributed by atoms with Crippen molar-refractivity contribution in [3.05, 3.63) is 60.4 Å². The van der Waals surface area contributed by atoms with E-state index in [1.54, 1.807) is 12.4 Å². The van der Waals surface area contributed by atoms with E-state index in [4.69, 9.17) is 0 Å². The number of nitrogens with zero attached hydrogens (tertiary/aromatic N) is 2. The lowest BCUT2D eigenvalue weighted by Crippen LogP contribution is -2.40. The molecular weight excluding hydrogens is 262 g/mol. The van der Waals surface area contributed by atoms with E-state index in [-0.39, 0.29) is 11.9 Å². The van der Waals surface area contributed by atoms with Gasteiger partial charge < -0.3 is 10.2 Å². The highest BCUT2D eigenvalue weighted by molar-refractivity contribution is 5.78. The molecule has 4 nitrogen and oxygen atoms in total. The lowest BCUT2D eigenvalue weighted by atomic mass is 10.2. The number of carbonyl (C=O) groups excluding carboxylic acids is 1. The van der Waals surface area contributed by atoms with Crippen LogP contribution in [0.15, 0.2) is 54.9 Å². The number of pyridine rings is 1. The molecule has 0 bridgehead atoms. The van der Waals surface area contributed by atoms with Crippen molar-refractivity contribution >= 4 is 11.6 Å². The third kappa shape index (κ3) is 4.60. The van der Waals surface area contributed by atoms with Gasteiger partial charge in [0.05, 0.1) is 6.42 Å². The number of amides is 1. The van der Waals surface area contributed by atoms with Gasteiger partial charge in [0.25, 0.3) is 0 Å². The van der Waals surface area contributed by atoms with Gasteiger partial charge in [-0.3, -0.25) is 9.78 Å². The van der Waals surface area contributed by atoms with E-state index in [0.717, 1.165) is 11.3 Å². The molecule has 4 heteroatoms. The van der Waals surface area contributed by atoms with Gasteiger partial charge in [-0.2, -0.15) is 0 Å². The average molecular weight is 283 g/mol. The molecule has 0 spiro atoms. The minimum absolute atomic E-state index is 0.0244. The van der Waals surface area contributed by atoms with Gasteiger partial charge >= 0.3 is 0 Å². The Balaban J connectivity index is 1.81. The van der Waals surface area contributed by atoms with Crippen molar-refractivity contribution in [2.24, 2.45) is 0 Å². The van der Waals surface area contributed by atoms with E-state index in [0.29, 0.717) is 13.0 Å². The fourth-order valence-corrected chi connectivity index (χ4v) is 2.07. The smallest absolute Gasteiger partial charge is 0.224 e. The number of hydrogen-bond acceptors (Lipinski definition) is 3. The molecule has 0 saturated heterocycles. The summed E-state index contributed by atoms with van der Waals surface area (Å²) < 4.78 is 0. The third-order valence-corrected chi connectivity index (χ3v) is 3.51. The number of likely N-dealkylation sites (N-methyl/N-ethyl adjacent to an activating group) is 1. The van der Waals surface area contributed by atoms with Crippen molar-refractivity contribution in [3.8, 4) is 0 Å². The van der Waals surface area contributed by atoms with E-state index >= 15 is 0 Å². The van der Waals surface area contributed by atoms with Crippen LogP contribution in [0, 0.1) is 0 Å². The monoisotopic (exact) mass is 283 g/mol. The zero-order valence-corrected chi connectivity index (χ0v) is 12.5. The fraction of sp³-hybridized carbons (Fsp3) is 0.294. The van der Waals surface area contributed by atoms with Crippen molar-refractivity contribution in [3.63, 3.8) is 0 Å². The summed E-state index contributed by atoms with van der Waals surface area (Å²) in [5.41, 5.74) is 2.07. The molecule has 0 saturated carbocycles. The minimum atomic E-state index is 0.0244. The highest BCUT2D eigenvalue weighted by Crippen LogP contribution is 2.13. The maximum Gasteiger partial charge on any atom is 0.224 e. The van der Waals surface area contributed by atoms with Crippen LogP contribution in [0.25, 0.3) is 0 Å². The van der Waals surface area contributed by atoms with E-state index < -0.39 is 0 Å². The van der Waals surface area contributed by atoms with Gasteiger partial charge in [0.15, 0.2) is 0 Å². The summed E-state index contributed by atoms with van der Waals surface area (Å²) in [6.07, 6.45) is 3.80. The Bertz CT molecular complexity index is 557. The van der Waals surface area contributed by atoms with E-state index in [9.17, 15) is 4.79 Å². The lowest BCUT2D eigenvalue weighted by Gasteiger charge is -2.27. The standard InChI is InChI=1S/C17H21N3O/c1-14(20(2)16-8-4-3-5-9-16)12-19-17(21)11-15-7-6-10-18-13-15/h3-10,13-14H,11-12H2,1-2H3,(H,19,21)/t14-/m0/s1. The van der Waals surface area contributed by atoms with E-state index in [1.807, 2.05) is 37.4 Å². The van der Waals surface area contributed by atoms with Crippen LogP contribution in [-0.2, 0) is 11.2 Å². The molecule has 1 atom stereocenters. The van der Waals surface area contributed by atoms with E-state index in [2.05, 4.69) is 34.3 Å². The number of rotatable bonds is 6. The Morgan fingerprint density at radius 2 is 2.00 bits per heavy atom. The summed E-state index contributed by atoms with van der Waals surface area (Å²) in [6, 6.07) is 14.1. The minimum Gasteiger partial charge on any atom is -0.370 e. The number of hydrogen-bond donors (Lipinski definition) is 1. The van der Waals surface area contributed by atoms with Gasteiger partial charge in [0.1, 0.15) is 0 Å². The number of nitrogens with one attached hydrogen (secondary N) is 1. The molecule has 1 aromatic heterocycles. The summed E-state index contributed by atoms with van der Waals surface area (Å²) in [5.74, 6) is 0.0244. The summed E-state index contributed by atoms with van der Waals surface area (Å²) in [7, 11) is 2.03. The number of benzene rings is 1. The first-order chi connectivity index (χ1) is 10.2. The SMILES string of the molecule is C[C@@H](CNC(=O)Cc1cccnc1)N(C)c1ccccc1. The molecule has 110 valence electrons. The van der Waals surface area contributed by atoms with Crippen LogP contribution in [0.5, 0.6) is 0 Å². The summed E-state index contributed by atoms with van der Waals surface area (Å²) >= 11 is 0. The maximum absolute atomic E-state index is 11.9. The molecule has 0 aliphatic heterocycles. The Morgan fingerprint density at radius 1 is 1.24 bits per heavy atom. The molecule has 1 heterocycles. The molecular formula is C17H21N3O. The first kappa shape index (κ1) is 15.0. The second-order valence-corrected chi connectivity index (χ2v) is 5.14. The molecule has 2 aromatic rings. The molecule has 0 unspecified atom stereocenters. The summed E-state index contributed by atoms with van der Waals surface area (Å²) in [5, 5.41) is 2.97. The number of aromatic nitrogens is 1. The molecule has 0 aliphatic carbocycles. The van der Waals surface area contributed by atoms with Crippen molar-refractivity contribution in [2.45, 2.75) is 19.4 Å². The zero-order valence-electron chi connectivity index (χ0n) is 12.5. The predicted molar refractivity (Wildman–Crippen MR) is 85.3 cm³/mol. The Labute approximate surface area is 125 Å². The van der Waals surface area contributed by atoms with Crippen molar-refractivity contribution in [1.29, 1.82) is 0 Å². The highest BCUT2D eigenvalue weighted by Gasteiger charge is 2.11. The van der Waals surface area contributed by atoms with Gasteiger partial charge in [-0.1, -0.05) is 24.3 Å². The van der Waals surface area contributed by atoms with Crippen molar-refractivity contribution < 1.29 is 4.79 Å². The van der Waals surface area contributed by atoms with E-state index in [1.165, 1.54) is 0 Å². The summed E-state index contributed by atoms with van der Waals surface area (Å²) in [6.45, 7) is 2.71. The van der Waals surface area contributed by atoms with Crippen LogP contribution in [0.3, 0.4) is 0 Å². The molecule has 0 aliphatic rings. The zero-order chi connectivity index (χ0) is 15.1. The van der Waals surface area contributed by atoms with Crippen molar-refractivity contribution in [1.82, 2.24) is 10.3 Å². The maximum atomic E-state index is 11.9. The Morgan fingerprint density at radius 3 is 2.67 bits per heavy atom. The Kier molecular flexibility index (Phi) is 5.32. The highest BCUT2D eigenvalue weighted by atomic mass is 16.1. The number of carbonyl (C=O) groups is 1. The second-order valence-electron chi connectivity index (χ2n) is 5.14. The fourth-order valence-electron chi connectivity index (χ4n) is 2.07. The van der Waals surface area contributed by atoms with Gasteiger partial charge in [0.2, 0.25) is 5.91 Å². The van der Waals surface area contributed by atoms with Gasteiger partial charge in [-0.25, -0.2) is 0 Å². The van der Waals surface area contributed by atoms with Crippen LogP contribution in [0.1, 0.15) is 12.5 Å². The summed E-state index contributed by atoms with van der Waals surface area (Å²) in [4.78, 5) is 18.1. The third-order valence-electron chi connectivity index (χ3n) is 3.51. The van der Waals surface area contributed by atoms with Crippen LogP contribution >= 0.6 is 0 Å². The average Bonchev–Trinajstić information content (AvgIpc) is 2.53.